The SMILES string of the molecule is COCCOc1cccc(C(=O)N2CC(Cc3cnn(C)c3)C2)c1. The molecule has 0 unspecified atom stereocenters. The van der Waals surface area contributed by atoms with Gasteiger partial charge in [-0.2, -0.15) is 5.10 Å². The molecule has 6 nitrogen and oxygen atoms in total. The van der Waals surface area contributed by atoms with Gasteiger partial charge in [0.1, 0.15) is 12.4 Å². The van der Waals surface area contributed by atoms with Gasteiger partial charge in [-0.15, -0.1) is 0 Å². The number of nitrogens with zero attached hydrogens (tertiary/aromatic N) is 3. The summed E-state index contributed by atoms with van der Waals surface area (Å²) in [6.07, 6.45) is 4.90. The Morgan fingerprint density at radius 3 is 2.88 bits per heavy atom. The first-order valence-corrected chi connectivity index (χ1v) is 8.14. The summed E-state index contributed by atoms with van der Waals surface area (Å²) in [5.41, 5.74) is 1.90. The summed E-state index contributed by atoms with van der Waals surface area (Å²) in [5.74, 6) is 1.28. The van der Waals surface area contributed by atoms with Crippen LogP contribution in [0.3, 0.4) is 0 Å². The standard InChI is InChI=1S/C18H23N3O3/c1-20-11-14(10-19-20)8-15-12-21(13-15)18(22)16-4-3-5-17(9-16)24-7-6-23-2/h3-5,9-11,15H,6-8,12-13H2,1-2H3. The first-order chi connectivity index (χ1) is 11.7. The maximum absolute atomic E-state index is 12.5. The van der Waals surface area contributed by atoms with Crippen molar-refractivity contribution >= 4 is 5.91 Å². The van der Waals surface area contributed by atoms with E-state index in [2.05, 4.69) is 5.10 Å². The second kappa shape index (κ2) is 7.49. The van der Waals surface area contributed by atoms with Crippen molar-refractivity contribution < 1.29 is 14.3 Å². The normalized spacial score (nSPS) is 14.5. The van der Waals surface area contributed by atoms with Crippen molar-refractivity contribution in [3.63, 3.8) is 0 Å². The molecule has 2 heterocycles. The van der Waals surface area contributed by atoms with E-state index in [1.807, 2.05) is 47.2 Å². The molecule has 0 bridgehead atoms. The second-order valence-electron chi connectivity index (χ2n) is 6.17. The largest absolute Gasteiger partial charge is 0.491 e. The summed E-state index contributed by atoms with van der Waals surface area (Å²) in [5, 5.41) is 4.18. The maximum Gasteiger partial charge on any atom is 0.254 e. The molecule has 24 heavy (non-hydrogen) atoms. The van der Waals surface area contributed by atoms with E-state index in [4.69, 9.17) is 9.47 Å². The van der Waals surface area contributed by atoms with Crippen LogP contribution in [0.5, 0.6) is 5.75 Å². The summed E-state index contributed by atoms with van der Waals surface area (Å²) in [7, 11) is 3.55. The zero-order valence-electron chi connectivity index (χ0n) is 14.1. The molecule has 1 aromatic carbocycles. The van der Waals surface area contributed by atoms with Gasteiger partial charge in [0.2, 0.25) is 0 Å². The lowest BCUT2D eigenvalue weighted by Crippen LogP contribution is -2.50. The number of amides is 1. The van der Waals surface area contributed by atoms with E-state index in [0.717, 1.165) is 19.5 Å². The molecule has 3 rings (SSSR count). The van der Waals surface area contributed by atoms with E-state index >= 15 is 0 Å². The van der Waals surface area contributed by atoms with Crippen LogP contribution in [0.1, 0.15) is 15.9 Å². The van der Waals surface area contributed by atoms with Crippen molar-refractivity contribution in [1.82, 2.24) is 14.7 Å². The molecule has 1 saturated heterocycles. The molecule has 0 radical (unpaired) electrons. The highest BCUT2D eigenvalue weighted by molar-refractivity contribution is 5.95. The van der Waals surface area contributed by atoms with Crippen LogP contribution in [0.25, 0.3) is 0 Å². The molecule has 1 aliphatic heterocycles. The Hall–Kier alpha value is -2.34. The number of aryl methyl sites for hydroxylation is 1. The van der Waals surface area contributed by atoms with Crippen molar-refractivity contribution in [1.29, 1.82) is 0 Å². The van der Waals surface area contributed by atoms with Crippen molar-refractivity contribution in [3.8, 4) is 5.75 Å². The van der Waals surface area contributed by atoms with Crippen molar-refractivity contribution in [2.24, 2.45) is 13.0 Å². The third-order valence-electron chi connectivity index (χ3n) is 4.16. The van der Waals surface area contributed by atoms with Gasteiger partial charge in [-0.3, -0.25) is 9.48 Å². The minimum Gasteiger partial charge on any atom is -0.491 e. The Bertz CT molecular complexity index is 692. The lowest BCUT2D eigenvalue weighted by Gasteiger charge is -2.39. The average Bonchev–Trinajstić information content (AvgIpc) is 2.96. The second-order valence-corrected chi connectivity index (χ2v) is 6.17. The topological polar surface area (TPSA) is 56.6 Å². The van der Waals surface area contributed by atoms with Crippen LogP contribution in [-0.2, 0) is 18.2 Å². The molecule has 6 heteroatoms. The number of hydrogen-bond donors (Lipinski definition) is 0. The smallest absolute Gasteiger partial charge is 0.254 e. The Kier molecular flexibility index (Phi) is 5.15. The summed E-state index contributed by atoms with van der Waals surface area (Å²) < 4.78 is 12.3. The minimum absolute atomic E-state index is 0.0645. The fraction of sp³-hybridized carbons (Fsp3) is 0.444. The lowest BCUT2D eigenvalue weighted by molar-refractivity contribution is 0.0500. The zero-order chi connectivity index (χ0) is 16.9. The number of likely N-dealkylation sites (tertiary alicyclic amines) is 1. The van der Waals surface area contributed by atoms with Crippen LogP contribution in [0, 0.1) is 5.92 Å². The molecule has 0 saturated carbocycles. The quantitative estimate of drug-likeness (QED) is 0.726. The summed E-state index contributed by atoms with van der Waals surface area (Å²) >= 11 is 0. The molecule has 0 atom stereocenters. The van der Waals surface area contributed by atoms with E-state index < -0.39 is 0 Å². The molecule has 0 spiro atoms. The first kappa shape index (κ1) is 16.5. The fourth-order valence-electron chi connectivity index (χ4n) is 2.92. The van der Waals surface area contributed by atoms with E-state index in [1.165, 1.54) is 5.56 Å². The molecule has 2 aromatic rings. The number of methoxy groups -OCH3 is 1. The van der Waals surface area contributed by atoms with Crippen molar-refractivity contribution in [3.05, 3.63) is 47.8 Å². The van der Waals surface area contributed by atoms with Crippen LogP contribution in [0.2, 0.25) is 0 Å². The monoisotopic (exact) mass is 329 g/mol. The molecule has 128 valence electrons. The van der Waals surface area contributed by atoms with Crippen molar-refractivity contribution in [2.45, 2.75) is 6.42 Å². The Morgan fingerprint density at radius 1 is 1.33 bits per heavy atom. The predicted molar refractivity (Wildman–Crippen MR) is 90.1 cm³/mol. The van der Waals surface area contributed by atoms with Gasteiger partial charge in [0.15, 0.2) is 0 Å². The molecule has 1 fully saturated rings. The van der Waals surface area contributed by atoms with Gasteiger partial charge in [0.05, 0.1) is 12.8 Å². The van der Waals surface area contributed by atoms with Gasteiger partial charge >= 0.3 is 0 Å². The summed E-state index contributed by atoms with van der Waals surface area (Å²) in [6.45, 7) is 2.59. The summed E-state index contributed by atoms with van der Waals surface area (Å²) in [4.78, 5) is 14.4. The van der Waals surface area contributed by atoms with Gasteiger partial charge in [-0.25, -0.2) is 0 Å². The van der Waals surface area contributed by atoms with E-state index in [-0.39, 0.29) is 5.91 Å². The van der Waals surface area contributed by atoms with Crippen LogP contribution in [0.15, 0.2) is 36.7 Å². The Labute approximate surface area is 142 Å². The number of rotatable bonds is 7. The third kappa shape index (κ3) is 3.94. The molecule has 0 aliphatic carbocycles. The first-order valence-electron chi connectivity index (χ1n) is 8.14. The number of carbonyl (C=O) groups is 1. The highest BCUT2D eigenvalue weighted by Crippen LogP contribution is 2.23. The number of carbonyl (C=O) groups excluding carboxylic acids is 1. The minimum atomic E-state index is 0.0645. The third-order valence-corrected chi connectivity index (χ3v) is 4.16. The van der Waals surface area contributed by atoms with Crippen LogP contribution in [-0.4, -0.2) is 54.0 Å². The van der Waals surface area contributed by atoms with Gasteiger partial charge in [-0.1, -0.05) is 6.07 Å². The van der Waals surface area contributed by atoms with Gasteiger partial charge in [-0.05, 0) is 36.1 Å². The number of benzene rings is 1. The Balaban J connectivity index is 1.51. The number of ether oxygens (including phenoxy) is 2. The predicted octanol–water partition coefficient (Wildman–Crippen LogP) is 1.76. The highest BCUT2D eigenvalue weighted by atomic mass is 16.5. The Morgan fingerprint density at radius 2 is 2.17 bits per heavy atom. The van der Waals surface area contributed by atoms with Gasteiger partial charge in [0.25, 0.3) is 5.91 Å². The zero-order valence-corrected chi connectivity index (χ0v) is 14.1. The van der Waals surface area contributed by atoms with E-state index in [0.29, 0.717) is 30.4 Å². The molecule has 0 N–H and O–H groups in total. The van der Waals surface area contributed by atoms with Crippen LogP contribution in [0.4, 0.5) is 0 Å². The highest BCUT2D eigenvalue weighted by Gasteiger charge is 2.31. The molecule has 1 aliphatic rings. The summed E-state index contributed by atoms with van der Waals surface area (Å²) in [6, 6.07) is 7.34. The van der Waals surface area contributed by atoms with Gasteiger partial charge < -0.3 is 14.4 Å². The lowest BCUT2D eigenvalue weighted by atomic mass is 9.93. The molecular formula is C18H23N3O3. The van der Waals surface area contributed by atoms with E-state index in [1.54, 1.807) is 13.2 Å². The van der Waals surface area contributed by atoms with E-state index in [9.17, 15) is 4.79 Å². The fourth-order valence-corrected chi connectivity index (χ4v) is 2.92. The maximum atomic E-state index is 12.5. The number of aromatic nitrogens is 2. The molecule has 1 amide bonds. The van der Waals surface area contributed by atoms with Gasteiger partial charge in [0, 0.05) is 39.0 Å². The molecular weight excluding hydrogens is 306 g/mol. The average molecular weight is 329 g/mol. The molecule has 1 aromatic heterocycles. The van der Waals surface area contributed by atoms with Crippen LogP contribution >= 0.6 is 0 Å². The number of hydrogen-bond acceptors (Lipinski definition) is 4. The van der Waals surface area contributed by atoms with Crippen LogP contribution < -0.4 is 4.74 Å². The van der Waals surface area contributed by atoms with Crippen molar-refractivity contribution in [2.75, 3.05) is 33.4 Å².